The molecule has 2 heterocycles. The van der Waals surface area contributed by atoms with Crippen molar-refractivity contribution in [2.75, 3.05) is 26.9 Å². The number of methoxy groups -OCH3 is 1. The lowest BCUT2D eigenvalue weighted by Gasteiger charge is -2.20. The van der Waals surface area contributed by atoms with Gasteiger partial charge in [-0.3, -0.25) is 4.79 Å². The fraction of sp³-hybridized carbons (Fsp3) is 0.441. The summed E-state index contributed by atoms with van der Waals surface area (Å²) in [7, 11) is 1.39. The van der Waals surface area contributed by atoms with Crippen molar-refractivity contribution in [3.63, 3.8) is 0 Å². The number of ether oxygens (including phenoxy) is 5. The summed E-state index contributed by atoms with van der Waals surface area (Å²) in [5, 5.41) is 0. The highest BCUT2D eigenvalue weighted by atomic mass is 19.1. The molecule has 3 aromatic carbocycles. The van der Waals surface area contributed by atoms with E-state index >= 15 is 4.39 Å². The number of fused-ring (bicyclic) bond motifs is 2. The highest BCUT2D eigenvalue weighted by molar-refractivity contribution is 5.76. The summed E-state index contributed by atoms with van der Waals surface area (Å²) < 4.78 is 43.9. The van der Waals surface area contributed by atoms with Crippen LogP contribution in [0.2, 0.25) is 0 Å². The van der Waals surface area contributed by atoms with E-state index in [1.807, 2.05) is 38.1 Å². The maximum absolute atomic E-state index is 15.3. The molecular weight excluding hydrogens is 523 g/mol. The molecule has 41 heavy (non-hydrogen) atoms. The minimum atomic E-state index is -0.393. The lowest BCUT2D eigenvalue weighted by Crippen LogP contribution is -2.15. The van der Waals surface area contributed by atoms with E-state index in [1.165, 1.54) is 7.11 Å². The SMILES string of the molecule is CC.COC(=O)C[C@@H]1COc2cc(O[C@@H]3CCc4c(-c5c(C)cc(O[C@@H]6CCOC6)cc5C)ccc(F)c43)ccc21. The summed E-state index contributed by atoms with van der Waals surface area (Å²) in [5.74, 6) is 1.62. The van der Waals surface area contributed by atoms with Crippen LogP contribution in [0.1, 0.15) is 72.9 Å². The van der Waals surface area contributed by atoms with Crippen LogP contribution in [0.3, 0.4) is 0 Å². The van der Waals surface area contributed by atoms with Gasteiger partial charge in [-0.05, 0) is 78.8 Å². The average molecular weight is 563 g/mol. The number of aryl methyl sites for hydroxylation is 2. The molecular formula is C34H39FO6. The highest BCUT2D eigenvalue weighted by Gasteiger charge is 2.32. The van der Waals surface area contributed by atoms with Crippen molar-refractivity contribution in [2.24, 2.45) is 0 Å². The van der Waals surface area contributed by atoms with Crippen molar-refractivity contribution in [3.8, 4) is 28.4 Å². The topological polar surface area (TPSA) is 63.2 Å². The van der Waals surface area contributed by atoms with Crippen molar-refractivity contribution in [1.29, 1.82) is 0 Å². The monoisotopic (exact) mass is 562 g/mol. The molecule has 6 rings (SSSR count). The Morgan fingerprint density at radius 2 is 1.76 bits per heavy atom. The largest absolute Gasteiger partial charge is 0.492 e. The molecule has 0 bridgehead atoms. The van der Waals surface area contributed by atoms with Crippen molar-refractivity contribution in [1.82, 2.24) is 0 Å². The van der Waals surface area contributed by atoms with Crippen LogP contribution in [0, 0.1) is 19.7 Å². The van der Waals surface area contributed by atoms with Gasteiger partial charge in [0.05, 0.1) is 33.4 Å². The van der Waals surface area contributed by atoms with Gasteiger partial charge in [-0.15, -0.1) is 0 Å². The Morgan fingerprint density at radius 1 is 0.976 bits per heavy atom. The second-order valence-corrected chi connectivity index (χ2v) is 10.7. The molecule has 3 aromatic rings. The molecule has 0 amide bonds. The third-order valence-electron chi connectivity index (χ3n) is 8.03. The maximum Gasteiger partial charge on any atom is 0.306 e. The van der Waals surface area contributed by atoms with Crippen molar-refractivity contribution < 1.29 is 32.9 Å². The van der Waals surface area contributed by atoms with Crippen LogP contribution < -0.4 is 14.2 Å². The Hall–Kier alpha value is -3.58. The van der Waals surface area contributed by atoms with Gasteiger partial charge in [0, 0.05) is 29.5 Å². The molecule has 1 fully saturated rings. The molecule has 2 aliphatic heterocycles. The zero-order chi connectivity index (χ0) is 29.1. The molecule has 0 aromatic heterocycles. The number of carbonyl (C=O) groups is 1. The first-order chi connectivity index (χ1) is 19.9. The smallest absolute Gasteiger partial charge is 0.306 e. The van der Waals surface area contributed by atoms with E-state index in [0.717, 1.165) is 58.6 Å². The van der Waals surface area contributed by atoms with Crippen LogP contribution in [0.25, 0.3) is 11.1 Å². The lowest BCUT2D eigenvalue weighted by molar-refractivity contribution is -0.141. The molecule has 3 aliphatic rings. The van der Waals surface area contributed by atoms with Crippen LogP contribution in [-0.4, -0.2) is 39.0 Å². The molecule has 0 radical (unpaired) electrons. The molecule has 1 saturated heterocycles. The first kappa shape index (κ1) is 28.9. The minimum Gasteiger partial charge on any atom is -0.492 e. The normalized spacial score (nSPS) is 20.4. The van der Waals surface area contributed by atoms with Crippen LogP contribution >= 0.6 is 0 Å². The van der Waals surface area contributed by atoms with Gasteiger partial charge in [-0.2, -0.15) is 0 Å². The average Bonchev–Trinajstić information content (AvgIpc) is 3.72. The van der Waals surface area contributed by atoms with E-state index in [1.54, 1.807) is 6.07 Å². The summed E-state index contributed by atoms with van der Waals surface area (Å²) in [5.41, 5.74) is 6.95. The summed E-state index contributed by atoms with van der Waals surface area (Å²) in [6.07, 6.45) is 2.28. The summed E-state index contributed by atoms with van der Waals surface area (Å²) in [4.78, 5) is 11.7. The Kier molecular flexibility index (Phi) is 8.83. The van der Waals surface area contributed by atoms with E-state index in [2.05, 4.69) is 26.0 Å². The standard InChI is InChI=1S/C32H33FO6.C2H6/c1-18-12-23(38-22-10-11-36-17-22)13-19(2)31(18)25-6-8-27(33)32-26(25)7-9-28(32)39-21-4-5-24-20(14-30(34)35-3)16-37-29(24)15-21;1-2/h4-6,8,12-13,15,20,22,28H,7,9-11,14,16-17H2,1-3H3;1-2H3/t20-,22-,28-;/m1./s1. The molecule has 1 aliphatic carbocycles. The number of halogens is 1. The second kappa shape index (κ2) is 12.5. The predicted octanol–water partition coefficient (Wildman–Crippen LogP) is 7.41. The summed E-state index contributed by atoms with van der Waals surface area (Å²) in [6.45, 7) is 9.94. The number of esters is 1. The Labute approximate surface area is 241 Å². The Morgan fingerprint density at radius 3 is 2.46 bits per heavy atom. The molecule has 3 atom stereocenters. The number of hydrogen-bond donors (Lipinski definition) is 0. The highest BCUT2D eigenvalue weighted by Crippen LogP contribution is 2.45. The van der Waals surface area contributed by atoms with E-state index in [9.17, 15) is 4.79 Å². The van der Waals surface area contributed by atoms with Gasteiger partial charge >= 0.3 is 5.97 Å². The quantitative estimate of drug-likeness (QED) is 0.280. The van der Waals surface area contributed by atoms with E-state index in [0.29, 0.717) is 36.7 Å². The third kappa shape index (κ3) is 5.91. The minimum absolute atomic E-state index is 0.0384. The van der Waals surface area contributed by atoms with Gasteiger partial charge in [0.15, 0.2) is 0 Å². The number of rotatable bonds is 7. The molecule has 0 spiro atoms. The van der Waals surface area contributed by atoms with Crippen molar-refractivity contribution in [2.45, 2.75) is 71.5 Å². The van der Waals surface area contributed by atoms with Gasteiger partial charge in [-0.25, -0.2) is 4.39 Å². The molecule has 0 unspecified atom stereocenters. The van der Waals surface area contributed by atoms with Gasteiger partial charge < -0.3 is 23.7 Å². The van der Waals surface area contributed by atoms with Gasteiger partial charge in [0.2, 0.25) is 0 Å². The van der Waals surface area contributed by atoms with E-state index in [-0.39, 0.29) is 30.2 Å². The first-order valence-electron chi connectivity index (χ1n) is 14.6. The van der Waals surface area contributed by atoms with Crippen LogP contribution in [-0.2, 0) is 20.7 Å². The number of hydrogen-bond acceptors (Lipinski definition) is 6. The summed E-state index contributed by atoms with van der Waals surface area (Å²) >= 11 is 0. The predicted molar refractivity (Wildman–Crippen MR) is 156 cm³/mol. The van der Waals surface area contributed by atoms with Gasteiger partial charge in [0.25, 0.3) is 0 Å². The van der Waals surface area contributed by atoms with Crippen LogP contribution in [0.5, 0.6) is 17.2 Å². The molecule has 0 N–H and O–H groups in total. The molecule has 6 nitrogen and oxygen atoms in total. The van der Waals surface area contributed by atoms with E-state index < -0.39 is 6.10 Å². The number of benzene rings is 3. The maximum atomic E-state index is 15.3. The third-order valence-corrected chi connectivity index (χ3v) is 8.03. The van der Waals surface area contributed by atoms with Gasteiger partial charge in [0.1, 0.15) is 35.3 Å². The van der Waals surface area contributed by atoms with E-state index in [4.69, 9.17) is 23.7 Å². The molecule has 7 heteroatoms. The first-order valence-corrected chi connectivity index (χ1v) is 14.6. The Bertz CT molecular complexity index is 1390. The van der Waals surface area contributed by atoms with Gasteiger partial charge in [-0.1, -0.05) is 26.0 Å². The van der Waals surface area contributed by atoms with Crippen molar-refractivity contribution in [3.05, 3.63) is 76.1 Å². The zero-order valence-electron chi connectivity index (χ0n) is 24.6. The van der Waals surface area contributed by atoms with Crippen molar-refractivity contribution >= 4 is 5.97 Å². The second-order valence-electron chi connectivity index (χ2n) is 10.7. The van der Waals surface area contributed by atoms with Crippen LogP contribution in [0.15, 0.2) is 42.5 Å². The Balaban J connectivity index is 0.00000165. The molecule has 0 saturated carbocycles. The lowest BCUT2D eigenvalue weighted by atomic mass is 9.90. The van der Waals surface area contributed by atoms with Crippen LogP contribution in [0.4, 0.5) is 4.39 Å². The fourth-order valence-electron chi connectivity index (χ4n) is 6.19. The number of carbonyl (C=O) groups excluding carboxylic acids is 1. The zero-order valence-corrected chi connectivity index (χ0v) is 24.6. The fourth-order valence-corrected chi connectivity index (χ4v) is 6.19. The summed E-state index contributed by atoms with van der Waals surface area (Å²) in [6, 6.07) is 13.2. The molecule has 218 valence electrons.